The van der Waals surface area contributed by atoms with Gasteiger partial charge in [-0.1, -0.05) is 95.8 Å². The molecule has 32 heteroatoms. The van der Waals surface area contributed by atoms with E-state index in [4.69, 9.17) is 65.1 Å². The van der Waals surface area contributed by atoms with E-state index in [1.165, 1.54) is 34.6 Å². The minimum atomic E-state index is -1.12. The number of nitrogens with two attached hydrogens (primary N) is 2. The number of aliphatic hydroxyl groups is 2. The fourth-order valence-corrected chi connectivity index (χ4v) is 4.46. The first-order valence-corrected chi connectivity index (χ1v) is 28.0. The lowest BCUT2D eigenvalue weighted by Crippen LogP contribution is -2.35. The molecule has 0 bridgehead atoms. The lowest BCUT2D eigenvalue weighted by molar-refractivity contribution is -0.167. The summed E-state index contributed by atoms with van der Waals surface area (Å²) in [5.74, 6) is -6.28. The van der Waals surface area contributed by atoms with E-state index >= 15 is 0 Å². The van der Waals surface area contributed by atoms with Gasteiger partial charge >= 0.3 is 71.9 Å². The van der Waals surface area contributed by atoms with Crippen LogP contribution in [0.3, 0.4) is 0 Å². The van der Waals surface area contributed by atoms with Gasteiger partial charge in [-0.25, -0.2) is 33.6 Å². The van der Waals surface area contributed by atoms with E-state index in [1.807, 2.05) is 60.7 Å². The summed E-state index contributed by atoms with van der Waals surface area (Å²) in [6.45, 7) is 24.9. The predicted molar refractivity (Wildman–Crippen MR) is 340 cm³/mol. The van der Waals surface area contributed by atoms with Crippen molar-refractivity contribution in [1.82, 2.24) is 10.6 Å². The van der Waals surface area contributed by atoms with Gasteiger partial charge in [-0.05, 0) is 87.3 Å². The van der Waals surface area contributed by atoms with Crippen LogP contribution in [0.1, 0.15) is 148 Å². The number of carboxylic acids is 2. The molecule has 10 N–H and O–H groups in total. The third-order valence-corrected chi connectivity index (χ3v) is 8.86. The molecule has 0 unspecified atom stereocenters. The molecule has 0 aliphatic rings. The SMILES string of the molecule is C.CC(C)(C)OC(=O)NCCO.CCC(=O)O.CCC(=O)O[C@@H](C)C(=O)O.CCC(=O)O[C@@H](C)C(=O)OCCNC(=O)OC(C)(C)C.CCC(=O)O[C@@H](C)C(=O)OCc1ccccc1.C[C@H](O)C(=O)OCc1ccccc1.C[C@H](OC(=O)CN)C(=O)OCCN.Cl.Cl. The summed E-state index contributed by atoms with van der Waals surface area (Å²) >= 11 is 0. The molecule has 2 amide bonds. The van der Waals surface area contributed by atoms with Crippen molar-refractivity contribution in [1.29, 1.82) is 0 Å². The number of aliphatic hydroxyl groups excluding tert-OH is 2. The topological polar surface area (TPSA) is 454 Å². The Balaban J connectivity index is -0.000000152. The van der Waals surface area contributed by atoms with E-state index in [9.17, 15) is 57.5 Å². The van der Waals surface area contributed by atoms with E-state index in [0.29, 0.717) is 0 Å². The average molecular weight is 1370 g/mol. The van der Waals surface area contributed by atoms with Gasteiger partial charge in [0.15, 0.2) is 24.4 Å². The van der Waals surface area contributed by atoms with E-state index in [1.54, 1.807) is 69.2 Å². The molecule has 30 nitrogen and oxygen atoms in total. The largest absolute Gasteiger partial charge is 0.481 e. The van der Waals surface area contributed by atoms with Crippen molar-refractivity contribution >= 4 is 96.7 Å². The van der Waals surface area contributed by atoms with Crippen LogP contribution in [0.25, 0.3) is 0 Å². The van der Waals surface area contributed by atoms with Gasteiger partial charge in [0.25, 0.3) is 0 Å². The van der Waals surface area contributed by atoms with Crippen LogP contribution in [-0.2, 0) is 109 Å². The Morgan fingerprint density at radius 3 is 1.09 bits per heavy atom. The van der Waals surface area contributed by atoms with Crippen molar-refractivity contribution in [2.45, 2.75) is 192 Å². The van der Waals surface area contributed by atoms with E-state index in [2.05, 4.69) is 24.8 Å². The quantitative estimate of drug-likeness (QED) is 0.0329. The molecule has 5 atom stereocenters. The molecule has 2 rings (SSSR count). The first-order chi connectivity index (χ1) is 41.4. The normalized spacial score (nSPS) is 11.2. The Kier molecular flexibility index (Phi) is 66.1. The number of hydrogen-bond acceptors (Lipinski definition) is 26. The van der Waals surface area contributed by atoms with Gasteiger partial charge in [-0.15, -0.1) is 24.8 Å². The minimum Gasteiger partial charge on any atom is -0.481 e. The second kappa shape index (κ2) is 60.7. The van der Waals surface area contributed by atoms with Gasteiger partial charge in [-0.3, -0.25) is 24.0 Å². The molecule has 0 fully saturated rings. The Labute approximate surface area is 551 Å². The summed E-state index contributed by atoms with van der Waals surface area (Å²) in [6.07, 6.45) is -5.04. The van der Waals surface area contributed by atoms with Crippen molar-refractivity contribution in [2.75, 3.05) is 46.0 Å². The summed E-state index contributed by atoms with van der Waals surface area (Å²) in [6, 6.07) is 18.7. The second-order valence-electron chi connectivity index (χ2n) is 19.4. The highest BCUT2D eigenvalue weighted by Crippen LogP contribution is 2.08. The smallest absolute Gasteiger partial charge is 0.407 e. The molecule has 532 valence electrons. The van der Waals surface area contributed by atoms with Gasteiger partial charge in [0.2, 0.25) is 0 Å². The summed E-state index contributed by atoms with van der Waals surface area (Å²) < 4.78 is 47.8. The number of carbonyl (C=O) groups is 12. The van der Waals surface area contributed by atoms with Crippen LogP contribution in [-0.4, -0.2) is 180 Å². The zero-order valence-electron chi connectivity index (χ0n) is 54.6. The van der Waals surface area contributed by atoms with Crippen LogP contribution in [0.4, 0.5) is 9.59 Å². The maximum absolute atomic E-state index is 11.5. The first-order valence-electron chi connectivity index (χ1n) is 28.0. The van der Waals surface area contributed by atoms with Crippen molar-refractivity contribution in [2.24, 2.45) is 11.5 Å². The van der Waals surface area contributed by atoms with Crippen molar-refractivity contribution in [3.63, 3.8) is 0 Å². The number of rotatable bonds is 25. The van der Waals surface area contributed by atoms with Gasteiger partial charge in [0, 0.05) is 38.8 Å². The molecule has 0 radical (unpaired) electrons. The number of aliphatic carboxylic acids is 2. The molecule has 0 saturated carbocycles. The standard InChI is InChI=1S/C13H23NO6.C13H16O4.C10H12O3.C7H14N2O4.C7H15NO3.C6H10O4.C3H6O2.CH4.2ClH/c1-6-10(15)19-9(2)11(16)18-8-7-14-12(17)20-13(3,4)5;1-3-12(14)17-10(2)13(15)16-9-11-7-5-4-6-8-11;1-8(11)10(12)13-7-9-5-3-2-4-6-9;1-5(13-6(10)4-9)7(11)12-3-2-8;1-7(2,3)11-6(10)8-4-5-9;1-3-5(7)10-4(2)6(8)9;1-2-3(4)5;;;/h9H,6-8H2,1-5H3,(H,14,17);4-8,10H,3,9H2,1-2H3;2-6,8,11H,7H2,1H3;5H,2-4,8-9H2,1H3;9H,4-5H2,1-3H3,(H,8,10);4H,3H2,1-2H3,(H,8,9);2H2,1H3,(H,4,5);1H4;2*1H/t9-;10-;8-;5-;;4-;;;;/m0000.0..../s1. The van der Waals surface area contributed by atoms with Crippen LogP contribution in [0, 0.1) is 0 Å². The van der Waals surface area contributed by atoms with Crippen molar-refractivity contribution < 1.29 is 125 Å². The number of benzene rings is 2. The molecule has 0 aliphatic carbocycles. The zero-order chi connectivity index (χ0) is 69.7. The predicted octanol–water partition coefficient (Wildman–Crippen LogP) is 5.83. The number of esters is 8. The van der Waals surface area contributed by atoms with Crippen LogP contribution in [0.15, 0.2) is 60.7 Å². The lowest BCUT2D eigenvalue weighted by Gasteiger charge is -2.19. The van der Waals surface area contributed by atoms with E-state index in [0.717, 1.165) is 11.1 Å². The number of ether oxygens (including phenoxy) is 10. The molecular weight excluding hydrogens is 1260 g/mol. The molecule has 0 aliphatic heterocycles. The summed E-state index contributed by atoms with van der Waals surface area (Å²) in [5.41, 5.74) is 10.8. The van der Waals surface area contributed by atoms with Crippen LogP contribution >= 0.6 is 24.8 Å². The molecule has 2 aromatic rings. The second-order valence-corrected chi connectivity index (χ2v) is 19.4. The van der Waals surface area contributed by atoms with Crippen LogP contribution < -0.4 is 22.1 Å². The van der Waals surface area contributed by atoms with Crippen molar-refractivity contribution in [3.8, 4) is 0 Å². The summed E-state index contributed by atoms with van der Waals surface area (Å²) in [5, 5.41) is 38.0. The van der Waals surface area contributed by atoms with Gasteiger partial charge < -0.3 is 89.9 Å². The average Bonchev–Trinajstić information content (AvgIpc) is 3.70. The summed E-state index contributed by atoms with van der Waals surface area (Å²) in [7, 11) is 0. The lowest BCUT2D eigenvalue weighted by atomic mass is 10.2. The fourth-order valence-electron chi connectivity index (χ4n) is 4.46. The molecule has 2 aromatic carbocycles. The fraction of sp³-hybridized carbons (Fsp3) is 0.600. The van der Waals surface area contributed by atoms with Crippen molar-refractivity contribution in [3.05, 3.63) is 71.8 Å². The third-order valence-electron chi connectivity index (χ3n) is 8.86. The number of alkyl carbamates (subject to hydrolysis) is 2. The Morgan fingerprint density at radius 2 is 0.793 bits per heavy atom. The highest BCUT2D eigenvalue weighted by atomic mass is 35.5. The zero-order valence-corrected chi connectivity index (χ0v) is 56.2. The highest BCUT2D eigenvalue weighted by molar-refractivity contribution is 5.86. The number of amides is 2. The number of halogens is 2. The molecule has 0 aromatic heterocycles. The molecule has 0 saturated heterocycles. The molecule has 0 spiro atoms. The third kappa shape index (κ3) is 68.0. The highest BCUT2D eigenvalue weighted by Gasteiger charge is 2.22. The summed E-state index contributed by atoms with van der Waals surface area (Å²) in [4.78, 5) is 129. The monoisotopic (exact) mass is 1360 g/mol. The number of carboxylic acid groups (broad SMARTS) is 2. The van der Waals surface area contributed by atoms with E-state index < -0.39 is 114 Å². The van der Waals surface area contributed by atoms with Gasteiger partial charge in [0.1, 0.15) is 43.7 Å². The first kappa shape index (κ1) is 100. The van der Waals surface area contributed by atoms with Gasteiger partial charge in [0.05, 0.1) is 19.7 Å². The number of hydrogen-bond donors (Lipinski definition) is 8. The maximum atomic E-state index is 11.5. The van der Waals surface area contributed by atoms with Gasteiger partial charge in [-0.2, -0.15) is 0 Å². The molecular formula is C60H102Cl2N4O26. The Bertz CT molecular complexity index is 2360. The van der Waals surface area contributed by atoms with Crippen LogP contribution in [0.2, 0.25) is 0 Å². The Morgan fingerprint density at radius 1 is 0.478 bits per heavy atom. The number of nitrogens with one attached hydrogen (secondary N) is 2. The molecule has 92 heavy (non-hydrogen) atoms. The van der Waals surface area contributed by atoms with Crippen LogP contribution in [0.5, 0.6) is 0 Å². The maximum Gasteiger partial charge on any atom is 0.407 e. The van der Waals surface area contributed by atoms with E-state index in [-0.39, 0.29) is 117 Å². The Hall–Kier alpha value is -7.90. The number of carbonyl (C=O) groups excluding carboxylic acids is 10. The molecule has 0 heterocycles. The minimum absolute atomic E-state index is 0.